The number of rotatable bonds is 9. The minimum atomic E-state index is -0.352. The van der Waals surface area contributed by atoms with E-state index < -0.39 is 0 Å². The third-order valence-corrected chi connectivity index (χ3v) is 7.92. The molecule has 0 spiro atoms. The fraction of sp³-hybridized carbons (Fsp3) is 0.400. The molecule has 2 aliphatic rings. The quantitative estimate of drug-likeness (QED) is 0.273. The number of allylic oxidation sites excluding steroid dienone is 22. The second-order valence-electron chi connectivity index (χ2n) is 13.2. The number of aliphatic hydroxyl groups is 2. The maximum absolute atomic E-state index is 10.0. The lowest BCUT2D eigenvalue weighted by Crippen LogP contribution is -2.27. The minimum Gasteiger partial charge on any atom is -0.389 e. The molecule has 0 bridgehead atoms. The Labute approximate surface area is 256 Å². The van der Waals surface area contributed by atoms with Gasteiger partial charge in [0.15, 0.2) is 0 Å². The average molecular weight is 567 g/mol. The van der Waals surface area contributed by atoms with Gasteiger partial charge in [0.1, 0.15) is 0 Å². The Kier molecular flexibility index (Phi) is 13.2. The molecule has 0 heterocycles. The molecule has 0 aliphatic heterocycles. The van der Waals surface area contributed by atoms with Gasteiger partial charge in [-0.3, -0.25) is 0 Å². The van der Waals surface area contributed by atoms with Crippen molar-refractivity contribution in [1.29, 1.82) is 0 Å². The first-order valence-electron chi connectivity index (χ1n) is 15.2. The van der Waals surface area contributed by atoms with E-state index in [1.807, 2.05) is 12.2 Å². The average Bonchev–Trinajstić information content (AvgIpc) is 2.84. The van der Waals surface area contributed by atoms with Gasteiger partial charge >= 0.3 is 0 Å². The molecule has 0 fully saturated rings. The summed E-state index contributed by atoms with van der Waals surface area (Å²) in [6.07, 6.45) is 34.4. The molecular formula is C40H54O2. The zero-order valence-corrected chi connectivity index (χ0v) is 27.7. The van der Waals surface area contributed by atoms with E-state index in [4.69, 9.17) is 0 Å². The van der Waals surface area contributed by atoms with E-state index in [0.717, 1.165) is 24.0 Å². The largest absolute Gasteiger partial charge is 0.389 e. The van der Waals surface area contributed by atoms with Gasteiger partial charge < -0.3 is 10.2 Å². The summed E-state index contributed by atoms with van der Waals surface area (Å²) in [6.45, 7) is 21.4. The van der Waals surface area contributed by atoms with Gasteiger partial charge in [-0.15, -0.1) is 0 Å². The predicted molar refractivity (Wildman–Crippen MR) is 184 cm³/mol. The lowest BCUT2D eigenvalue weighted by Gasteiger charge is -2.34. The van der Waals surface area contributed by atoms with E-state index >= 15 is 0 Å². The van der Waals surface area contributed by atoms with Crippen LogP contribution in [0.1, 0.15) is 82.1 Å². The van der Waals surface area contributed by atoms with E-state index in [1.54, 1.807) is 0 Å². The molecule has 2 atom stereocenters. The van der Waals surface area contributed by atoms with Gasteiger partial charge in [0.2, 0.25) is 0 Å². The molecule has 2 nitrogen and oxygen atoms in total. The van der Waals surface area contributed by atoms with Crippen LogP contribution in [0.4, 0.5) is 0 Å². The molecule has 0 unspecified atom stereocenters. The lowest BCUT2D eigenvalue weighted by molar-refractivity contribution is 0.160. The van der Waals surface area contributed by atoms with Crippen LogP contribution in [0.2, 0.25) is 0 Å². The molecule has 2 heteroatoms. The van der Waals surface area contributed by atoms with Crippen LogP contribution in [0, 0.1) is 10.8 Å². The molecule has 0 radical (unpaired) electrons. The smallest absolute Gasteiger partial charge is 0.0734 e. The van der Waals surface area contributed by atoms with E-state index in [1.165, 1.54) is 33.4 Å². The highest BCUT2D eigenvalue weighted by Crippen LogP contribution is 2.41. The highest BCUT2D eigenvalue weighted by Gasteiger charge is 2.31. The normalized spacial score (nSPS) is 26.4. The number of hydrogen-bond donors (Lipinski definition) is 2. The summed E-state index contributed by atoms with van der Waals surface area (Å²) in [6, 6.07) is 0. The first-order valence-corrected chi connectivity index (χ1v) is 15.2. The molecular weight excluding hydrogens is 512 g/mol. The molecule has 0 saturated heterocycles. The minimum absolute atomic E-state index is 0.0267. The Morgan fingerprint density at radius 3 is 1.21 bits per heavy atom. The van der Waals surface area contributed by atoms with E-state index in [2.05, 4.69) is 154 Å². The Morgan fingerprint density at radius 2 is 0.881 bits per heavy atom. The summed E-state index contributed by atoms with van der Waals surface area (Å²) in [5, 5.41) is 20.1. The standard InChI is InChI=1S/C40H54O2/c1-29(17-13-19-31(3)21-23-37-33(5)25-35(41)27-39(37,7)8)15-11-12-16-30(2)18-14-20-32(4)22-24-38-34(6)26-36(42)28-40(38,9)10/h11-26,35-36,41-42H,27-28H2,1-10H3/t35-,36-/m1/s1. The van der Waals surface area contributed by atoms with Crippen LogP contribution < -0.4 is 0 Å². The summed E-state index contributed by atoms with van der Waals surface area (Å²) in [7, 11) is 0. The topological polar surface area (TPSA) is 40.5 Å². The highest BCUT2D eigenvalue weighted by atomic mass is 16.3. The van der Waals surface area contributed by atoms with Crippen LogP contribution >= 0.6 is 0 Å². The van der Waals surface area contributed by atoms with Crippen molar-refractivity contribution in [3.8, 4) is 0 Å². The molecule has 0 saturated carbocycles. The van der Waals surface area contributed by atoms with Gasteiger partial charge in [-0.25, -0.2) is 0 Å². The Balaban J connectivity index is 1.92. The molecule has 2 aliphatic carbocycles. The second kappa shape index (κ2) is 15.9. The summed E-state index contributed by atoms with van der Waals surface area (Å²) in [5.74, 6) is 0. The van der Waals surface area contributed by atoms with Crippen molar-refractivity contribution in [2.45, 2.75) is 94.3 Å². The zero-order valence-electron chi connectivity index (χ0n) is 27.7. The van der Waals surface area contributed by atoms with Crippen LogP contribution in [0.15, 0.2) is 142 Å². The van der Waals surface area contributed by atoms with Gasteiger partial charge in [0.05, 0.1) is 12.2 Å². The van der Waals surface area contributed by atoms with Crippen molar-refractivity contribution in [3.05, 3.63) is 142 Å². The molecule has 2 rings (SSSR count). The Hall–Kier alpha value is -3.20. The van der Waals surface area contributed by atoms with Crippen molar-refractivity contribution < 1.29 is 10.2 Å². The molecule has 0 amide bonds. The third kappa shape index (κ3) is 11.6. The number of aliphatic hydroxyl groups excluding tert-OH is 2. The van der Waals surface area contributed by atoms with E-state index in [9.17, 15) is 10.2 Å². The fourth-order valence-electron chi connectivity index (χ4n) is 5.69. The Bertz CT molecular complexity index is 1230. The van der Waals surface area contributed by atoms with Crippen LogP contribution in [0.5, 0.6) is 0 Å². The SMILES string of the molecule is CC(C=CC=CC(C)=CC=CC(C)=CC=C1C(C)=C[C@@H](O)CC1(C)C)=CC=CC(C)=CC=C1C(C)=C[C@@H](O)CC1(C)C. The summed E-state index contributed by atoms with van der Waals surface area (Å²) >= 11 is 0. The van der Waals surface area contributed by atoms with Crippen molar-refractivity contribution in [3.63, 3.8) is 0 Å². The maximum Gasteiger partial charge on any atom is 0.0734 e. The van der Waals surface area contributed by atoms with Crippen LogP contribution in [-0.4, -0.2) is 22.4 Å². The predicted octanol–water partition coefficient (Wildman–Crippen LogP) is 10.3. The van der Waals surface area contributed by atoms with Gasteiger partial charge in [-0.1, -0.05) is 147 Å². The summed E-state index contributed by atoms with van der Waals surface area (Å²) < 4.78 is 0. The lowest BCUT2D eigenvalue weighted by atomic mass is 9.72. The van der Waals surface area contributed by atoms with Crippen molar-refractivity contribution in [2.75, 3.05) is 0 Å². The first-order chi connectivity index (χ1) is 19.6. The summed E-state index contributed by atoms with van der Waals surface area (Å²) in [4.78, 5) is 0. The van der Waals surface area contributed by atoms with Gasteiger partial charge in [0, 0.05) is 0 Å². The van der Waals surface area contributed by atoms with Crippen LogP contribution in [0.25, 0.3) is 0 Å². The molecule has 42 heavy (non-hydrogen) atoms. The molecule has 0 aromatic carbocycles. The van der Waals surface area contributed by atoms with Crippen molar-refractivity contribution in [2.24, 2.45) is 10.8 Å². The highest BCUT2D eigenvalue weighted by molar-refractivity contribution is 5.43. The van der Waals surface area contributed by atoms with Crippen LogP contribution in [0.3, 0.4) is 0 Å². The molecule has 0 aromatic rings. The van der Waals surface area contributed by atoms with Crippen molar-refractivity contribution >= 4 is 0 Å². The fourth-order valence-corrected chi connectivity index (χ4v) is 5.69. The molecule has 226 valence electrons. The van der Waals surface area contributed by atoms with E-state index in [-0.39, 0.29) is 23.0 Å². The van der Waals surface area contributed by atoms with Gasteiger partial charge in [-0.05, 0) is 87.5 Å². The van der Waals surface area contributed by atoms with Gasteiger partial charge in [0.25, 0.3) is 0 Å². The number of hydrogen-bond acceptors (Lipinski definition) is 2. The van der Waals surface area contributed by atoms with E-state index in [0.29, 0.717) is 0 Å². The third-order valence-electron chi connectivity index (χ3n) is 7.92. The van der Waals surface area contributed by atoms with Crippen molar-refractivity contribution in [1.82, 2.24) is 0 Å². The molecule has 0 aromatic heterocycles. The maximum atomic E-state index is 10.0. The van der Waals surface area contributed by atoms with Crippen LogP contribution in [-0.2, 0) is 0 Å². The van der Waals surface area contributed by atoms with Gasteiger partial charge in [-0.2, -0.15) is 0 Å². The Morgan fingerprint density at radius 1 is 0.571 bits per heavy atom. The second-order valence-corrected chi connectivity index (χ2v) is 13.2. The first kappa shape index (κ1) is 35.0. The zero-order chi connectivity index (χ0) is 31.5. The summed E-state index contributed by atoms with van der Waals surface area (Å²) in [5.41, 5.74) is 9.59. The molecule has 2 N–H and O–H groups in total. The monoisotopic (exact) mass is 566 g/mol.